The zero-order valence-electron chi connectivity index (χ0n) is 41.7. The molecule has 4 saturated heterocycles. The van der Waals surface area contributed by atoms with Crippen molar-refractivity contribution < 1.29 is 67.4 Å². The number of aliphatic hydroxyl groups is 2. The molecule has 3 N–H and O–H groups in total. The zero-order chi connectivity index (χ0) is 49.1. The Balaban J connectivity index is 1.16. The van der Waals surface area contributed by atoms with Crippen molar-refractivity contribution in [1.29, 1.82) is 0 Å². The van der Waals surface area contributed by atoms with Crippen LogP contribution in [0.25, 0.3) is 0 Å². The van der Waals surface area contributed by atoms with Crippen LogP contribution in [-0.4, -0.2) is 106 Å². The van der Waals surface area contributed by atoms with Crippen molar-refractivity contribution in [2.75, 3.05) is 6.61 Å². The number of ether oxygens (including phenoxy) is 7. The van der Waals surface area contributed by atoms with Crippen LogP contribution < -0.4 is 5.48 Å². The minimum Gasteiger partial charge on any atom is -0.435 e. The van der Waals surface area contributed by atoms with Crippen LogP contribution in [-0.2, 0) is 47.6 Å². The van der Waals surface area contributed by atoms with Crippen molar-refractivity contribution in [3.05, 3.63) is 48.0 Å². The highest BCUT2D eigenvalue weighted by Gasteiger charge is 2.64. The van der Waals surface area contributed by atoms with Gasteiger partial charge in [-0.15, -0.1) is 0 Å². The average molecular weight is 942 g/mol. The first-order valence-corrected chi connectivity index (χ1v) is 25.1. The maximum Gasteiger partial charge on any atom is 0.509 e. The number of ketones is 1. The summed E-state index contributed by atoms with van der Waals surface area (Å²) in [6.45, 7) is 21.3. The second-order valence-corrected chi connectivity index (χ2v) is 20.6. The van der Waals surface area contributed by atoms with Gasteiger partial charge in [0.1, 0.15) is 5.78 Å². The smallest absolute Gasteiger partial charge is 0.435 e. The number of hydroxylamine groups is 1. The van der Waals surface area contributed by atoms with Gasteiger partial charge in [0, 0.05) is 35.7 Å². The van der Waals surface area contributed by atoms with E-state index in [-0.39, 0.29) is 36.2 Å². The van der Waals surface area contributed by atoms with Crippen molar-refractivity contribution in [2.45, 2.75) is 206 Å². The molecule has 0 radical (unpaired) electrons. The summed E-state index contributed by atoms with van der Waals surface area (Å²) in [6.07, 6.45) is 3.65. The molecule has 2 unspecified atom stereocenters. The van der Waals surface area contributed by atoms with Crippen LogP contribution in [0.2, 0.25) is 0 Å². The first-order chi connectivity index (χ1) is 31.7. The molecule has 5 aliphatic rings. The van der Waals surface area contributed by atoms with E-state index in [0.717, 1.165) is 6.42 Å². The number of carbonyl (C=O) groups excluding carboxylic acids is 4. The summed E-state index contributed by atoms with van der Waals surface area (Å²) < 4.78 is 45.5. The van der Waals surface area contributed by atoms with Gasteiger partial charge in [0.25, 0.3) is 5.91 Å². The fourth-order valence-corrected chi connectivity index (χ4v) is 11.7. The van der Waals surface area contributed by atoms with Crippen LogP contribution >= 0.6 is 0 Å². The number of hydrogen-bond acceptors (Lipinski definition) is 14. The number of nitrogens with one attached hydrogen (secondary N) is 1. The van der Waals surface area contributed by atoms with Gasteiger partial charge in [0.2, 0.25) is 5.79 Å². The highest BCUT2D eigenvalue weighted by atomic mass is 16.8. The lowest BCUT2D eigenvalue weighted by Crippen LogP contribution is -2.63. The summed E-state index contributed by atoms with van der Waals surface area (Å²) in [5, 5.41) is 23.2. The van der Waals surface area contributed by atoms with E-state index < -0.39 is 101 Å². The zero-order valence-corrected chi connectivity index (χ0v) is 41.7. The predicted octanol–water partition coefficient (Wildman–Crippen LogP) is 8.17. The second-order valence-electron chi connectivity index (χ2n) is 20.6. The molecule has 376 valence electrons. The van der Waals surface area contributed by atoms with E-state index in [4.69, 9.17) is 38.0 Å². The van der Waals surface area contributed by atoms with Gasteiger partial charge in [-0.3, -0.25) is 9.59 Å². The fourth-order valence-electron chi connectivity index (χ4n) is 11.7. The summed E-state index contributed by atoms with van der Waals surface area (Å²) in [7, 11) is 0. The van der Waals surface area contributed by atoms with Gasteiger partial charge in [0.05, 0.1) is 60.4 Å². The Labute approximate surface area is 397 Å². The molecule has 1 aromatic rings. The Morgan fingerprint density at radius 3 is 2.21 bits per heavy atom. The lowest BCUT2D eigenvalue weighted by molar-refractivity contribution is -0.408. The van der Waals surface area contributed by atoms with Crippen molar-refractivity contribution in [1.82, 2.24) is 5.48 Å². The molecule has 0 saturated carbocycles. The van der Waals surface area contributed by atoms with E-state index in [2.05, 4.69) is 19.3 Å². The van der Waals surface area contributed by atoms with E-state index in [0.29, 0.717) is 63.4 Å². The van der Waals surface area contributed by atoms with Crippen LogP contribution in [0.1, 0.15) is 151 Å². The number of benzene rings is 1. The van der Waals surface area contributed by atoms with E-state index in [1.54, 1.807) is 56.3 Å². The van der Waals surface area contributed by atoms with Crippen molar-refractivity contribution >= 4 is 23.8 Å². The van der Waals surface area contributed by atoms with Crippen molar-refractivity contribution in [3.63, 3.8) is 0 Å². The number of aliphatic hydroxyl groups excluding tert-OH is 1. The molecule has 0 aliphatic carbocycles. The van der Waals surface area contributed by atoms with Crippen LogP contribution in [0.4, 0.5) is 4.79 Å². The van der Waals surface area contributed by atoms with Gasteiger partial charge in [0.15, 0.2) is 11.9 Å². The molecule has 18 atom stereocenters. The molecule has 15 nitrogen and oxygen atoms in total. The molecule has 5 heterocycles. The molecule has 5 aliphatic heterocycles. The molecule has 1 aromatic carbocycles. The molecular weight excluding hydrogens is 863 g/mol. The number of amides is 1. The molecule has 0 bridgehead atoms. The lowest BCUT2D eigenvalue weighted by Gasteiger charge is -2.54. The molecule has 1 amide bonds. The third-order valence-electron chi connectivity index (χ3n) is 16.2. The highest BCUT2D eigenvalue weighted by Crippen LogP contribution is 2.54. The van der Waals surface area contributed by atoms with E-state index in [9.17, 15) is 29.4 Å². The summed E-state index contributed by atoms with van der Waals surface area (Å²) in [4.78, 5) is 58.9. The van der Waals surface area contributed by atoms with Gasteiger partial charge in [-0.2, -0.15) is 5.48 Å². The van der Waals surface area contributed by atoms with Crippen LogP contribution in [0, 0.1) is 41.4 Å². The number of hydrogen-bond donors (Lipinski definition) is 3. The number of Topliss-reactive ketones (excluding diaryl/α,β-unsaturated/α-hetero) is 1. The SMILES string of the molecule is CCOC(=O)O[C@H]1C=C[C@]2(OC([C@@H](CC)C(=O)[C@@H](C)[C@@H](O)[C@H](C)[C@@H]3OC([C@@H](CC)C(=O)ONC(=O)c4ccccc4)CC[C@@H]3C)[C@@H](C)C[C@H]2C)O[C@@]12CC[C@@](C)([C@H]1CC[C@](O)(CC)[C@H](C)O1)O2. The Morgan fingerprint density at radius 1 is 0.866 bits per heavy atom. The maximum absolute atomic E-state index is 14.8. The van der Waals surface area contributed by atoms with Gasteiger partial charge >= 0.3 is 12.1 Å². The summed E-state index contributed by atoms with van der Waals surface area (Å²) in [5.41, 5.74) is 0.837. The fraction of sp³-hybridized carbons (Fsp3) is 0.769. The Hall–Kier alpha value is -3.44. The van der Waals surface area contributed by atoms with Crippen molar-refractivity contribution in [2.24, 2.45) is 41.4 Å². The van der Waals surface area contributed by atoms with Crippen LogP contribution in [0.5, 0.6) is 0 Å². The third kappa shape index (κ3) is 11.0. The van der Waals surface area contributed by atoms with Crippen LogP contribution in [0.3, 0.4) is 0 Å². The quantitative estimate of drug-likeness (QED) is 0.0866. The summed E-state index contributed by atoms with van der Waals surface area (Å²) in [6, 6.07) is 8.48. The Morgan fingerprint density at radius 2 is 1.57 bits per heavy atom. The number of carbonyl (C=O) groups is 4. The van der Waals surface area contributed by atoms with Crippen molar-refractivity contribution in [3.8, 4) is 0 Å². The topological polar surface area (TPSA) is 195 Å². The van der Waals surface area contributed by atoms with Crippen LogP contribution in [0.15, 0.2) is 42.5 Å². The maximum atomic E-state index is 14.8. The van der Waals surface area contributed by atoms with Gasteiger partial charge < -0.3 is 48.2 Å². The molecule has 0 aromatic heterocycles. The minimum atomic E-state index is -1.48. The Bertz CT molecular complexity index is 1900. The monoisotopic (exact) mass is 942 g/mol. The molecule has 15 heteroatoms. The van der Waals surface area contributed by atoms with Gasteiger partial charge in [-0.25, -0.2) is 9.59 Å². The first-order valence-electron chi connectivity index (χ1n) is 25.1. The van der Waals surface area contributed by atoms with Gasteiger partial charge in [-0.1, -0.05) is 73.6 Å². The first kappa shape index (κ1) is 52.9. The third-order valence-corrected chi connectivity index (χ3v) is 16.2. The van der Waals surface area contributed by atoms with E-state index in [1.165, 1.54) is 0 Å². The minimum absolute atomic E-state index is 0.0334. The molecule has 2 spiro atoms. The molecule has 67 heavy (non-hydrogen) atoms. The molecule has 6 rings (SSSR count). The number of rotatable bonds is 15. The summed E-state index contributed by atoms with van der Waals surface area (Å²) >= 11 is 0. The highest BCUT2D eigenvalue weighted by molar-refractivity contribution is 5.94. The van der Waals surface area contributed by atoms with E-state index >= 15 is 0 Å². The average Bonchev–Trinajstić information content (AvgIpc) is 3.66. The summed E-state index contributed by atoms with van der Waals surface area (Å²) in [5.74, 6) is -6.86. The standard InChI is InChI=1S/C52H79NO14/c1-12-37(47(57)65-53-46(56)36-19-17-16-18-20-36)39-22-21-30(5)44(62-39)34(9)42(54)33(8)43(55)38(13-2)45-31(6)29-32(7)51(64-45)26-24-41(63-48(58)60-15-4)52(67-51)28-27-49(11,66-52)40-23-25-50(59,14-3)35(10)61-40/h16-20,24,26,30-35,37-42,44-45,54,59H,12-15,21-23,25,27-29H2,1-11H3,(H,53,56)/t30-,31-,32+,33-,34-,35-,37+,38-,39?,40+,41-,42+,44+,45?,49-,50+,51-,52-/m0/s1. The van der Waals surface area contributed by atoms with E-state index in [1.807, 2.05) is 48.5 Å². The molecule has 4 fully saturated rings. The second kappa shape index (κ2) is 21.7. The Kier molecular flexibility index (Phi) is 17.1. The predicted molar refractivity (Wildman–Crippen MR) is 247 cm³/mol. The van der Waals surface area contributed by atoms with Gasteiger partial charge in [-0.05, 0) is 115 Å². The molecular formula is C52H79NO14. The normalized spacial score (nSPS) is 38.6. The lowest BCUT2D eigenvalue weighted by atomic mass is 9.72. The largest absolute Gasteiger partial charge is 0.509 e.